The number of nitrogens with two attached hydrogens (primary N) is 1. The zero-order valence-electron chi connectivity index (χ0n) is 11.4. The van der Waals surface area contributed by atoms with E-state index in [1.54, 1.807) is 0 Å². The molecule has 21 heavy (non-hydrogen) atoms. The predicted molar refractivity (Wildman–Crippen MR) is 68.3 cm³/mol. The number of halogens is 3. The van der Waals surface area contributed by atoms with Crippen LogP contribution in [0.1, 0.15) is 23.5 Å². The highest BCUT2D eigenvalue weighted by Crippen LogP contribution is 2.28. The fourth-order valence-corrected chi connectivity index (χ4v) is 2.88. The first-order valence-electron chi connectivity index (χ1n) is 6.93. The molecule has 2 N–H and O–H groups in total. The van der Waals surface area contributed by atoms with Crippen LogP contribution in [0.5, 0.6) is 0 Å². The lowest BCUT2D eigenvalue weighted by Gasteiger charge is -2.38. The van der Waals surface area contributed by atoms with Gasteiger partial charge in [0.05, 0.1) is 18.9 Å². The molecule has 1 aromatic rings. The Balaban J connectivity index is 1.74. The number of hydrogen-bond donors (Lipinski definition) is 1. The van der Waals surface area contributed by atoms with Gasteiger partial charge in [-0.25, -0.2) is 9.97 Å². The van der Waals surface area contributed by atoms with Gasteiger partial charge in [0, 0.05) is 43.4 Å². The molecule has 1 aromatic heterocycles. The Kier molecular flexibility index (Phi) is 3.85. The summed E-state index contributed by atoms with van der Waals surface area (Å²) in [5, 5.41) is 0. The van der Waals surface area contributed by atoms with Gasteiger partial charge < -0.3 is 10.5 Å². The third-order valence-corrected chi connectivity index (χ3v) is 3.95. The van der Waals surface area contributed by atoms with Crippen molar-refractivity contribution >= 4 is 0 Å². The molecular formula is C13H17F3N4O. The minimum absolute atomic E-state index is 0.0222. The third kappa shape index (κ3) is 3.17. The van der Waals surface area contributed by atoms with Gasteiger partial charge in [0.1, 0.15) is 0 Å². The zero-order valence-corrected chi connectivity index (χ0v) is 11.4. The number of fused-ring (bicyclic) bond motifs is 1. The Morgan fingerprint density at radius 2 is 2.14 bits per heavy atom. The Bertz CT molecular complexity index is 523. The average molecular weight is 302 g/mol. The highest BCUT2D eigenvalue weighted by atomic mass is 19.4. The van der Waals surface area contributed by atoms with Crippen LogP contribution >= 0.6 is 0 Å². The van der Waals surface area contributed by atoms with Crippen LogP contribution in [0.15, 0.2) is 6.20 Å². The van der Waals surface area contributed by atoms with Crippen molar-refractivity contribution in [3.8, 4) is 0 Å². The van der Waals surface area contributed by atoms with E-state index in [9.17, 15) is 13.2 Å². The molecular weight excluding hydrogens is 285 g/mol. The van der Waals surface area contributed by atoms with Gasteiger partial charge in [-0.15, -0.1) is 0 Å². The first-order chi connectivity index (χ1) is 9.93. The van der Waals surface area contributed by atoms with Crippen LogP contribution in [-0.4, -0.2) is 46.7 Å². The SMILES string of the molecule is N[C@@H]1COC[C@H](N2CCc3nc(C(F)(F)F)ncc3C2)C1. The molecule has 0 amide bonds. The van der Waals surface area contributed by atoms with E-state index in [1.165, 1.54) is 6.20 Å². The second-order valence-corrected chi connectivity index (χ2v) is 5.57. The monoisotopic (exact) mass is 302 g/mol. The van der Waals surface area contributed by atoms with Crippen LogP contribution in [0.25, 0.3) is 0 Å². The highest BCUT2D eigenvalue weighted by molar-refractivity contribution is 5.21. The van der Waals surface area contributed by atoms with Crippen LogP contribution in [-0.2, 0) is 23.9 Å². The lowest BCUT2D eigenvalue weighted by molar-refractivity contribution is -0.145. The van der Waals surface area contributed by atoms with Gasteiger partial charge in [-0.05, 0) is 6.42 Å². The molecule has 8 heteroatoms. The minimum Gasteiger partial charge on any atom is -0.378 e. The fraction of sp³-hybridized carbons (Fsp3) is 0.692. The molecule has 3 rings (SSSR count). The molecule has 1 saturated heterocycles. The summed E-state index contributed by atoms with van der Waals surface area (Å²) < 4.78 is 43.3. The van der Waals surface area contributed by atoms with E-state index in [1.807, 2.05) is 0 Å². The molecule has 0 aromatic carbocycles. The first-order valence-corrected chi connectivity index (χ1v) is 6.93. The first kappa shape index (κ1) is 14.7. The summed E-state index contributed by atoms with van der Waals surface area (Å²) in [5.74, 6) is -1.06. The largest absolute Gasteiger partial charge is 0.451 e. The van der Waals surface area contributed by atoms with E-state index >= 15 is 0 Å². The Morgan fingerprint density at radius 1 is 1.33 bits per heavy atom. The van der Waals surface area contributed by atoms with Crippen molar-refractivity contribution in [2.24, 2.45) is 5.73 Å². The second kappa shape index (κ2) is 5.51. The summed E-state index contributed by atoms with van der Waals surface area (Å²) in [7, 11) is 0. The molecule has 2 atom stereocenters. The average Bonchev–Trinajstić information content (AvgIpc) is 2.45. The molecule has 2 aliphatic rings. The Labute approximate surface area is 120 Å². The maximum absolute atomic E-state index is 12.6. The van der Waals surface area contributed by atoms with Crippen molar-refractivity contribution < 1.29 is 17.9 Å². The van der Waals surface area contributed by atoms with Crippen molar-refractivity contribution in [2.75, 3.05) is 19.8 Å². The van der Waals surface area contributed by atoms with E-state index in [4.69, 9.17) is 10.5 Å². The molecule has 0 spiro atoms. The van der Waals surface area contributed by atoms with Crippen LogP contribution in [0.2, 0.25) is 0 Å². The van der Waals surface area contributed by atoms with Crippen LogP contribution in [0.4, 0.5) is 13.2 Å². The summed E-state index contributed by atoms with van der Waals surface area (Å²) in [6.07, 6.45) is -1.86. The smallest absolute Gasteiger partial charge is 0.378 e. The lowest BCUT2D eigenvalue weighted by atomic mass is 10.00. The molecule has 0 saturated carbocycles. The summed E-state index contributed by atoms with van der Waals surface area (Å²) in [6.45, 7) is 2.40. The number of nitrogens with zero attached hydrogens (tertiary/aromatic N) is 3. The predicted octanol–water partition coefficient (Wildman–Crippen LogP) is 0.970. The topological polar surface area (TPSA) is 64.3 Å². The standard InChI is InChI=1S/C13H17F3N4O/c14-13(15,16)12-18-4-8-5-20(2-1-11(8)19-12)10-3-9(17)6-21-7-10/h4,9-10H,1-3,5-7,17H2/t9-,10+/m0/s1. The second-order valence-electron chi connectivity index (χ2n) is 5.57. The van der Waals surface area contributed by atoms with Gasteiger partial charge in [0.2, 0.25) is 5.82 Å². The number of ether oxygens (including phenoxy) is 1. The van der Waals surface area contributed by atoms with E-state index in [-0.39, 0.29) is 12.1 Å². The lowest BCUT2D eigenvalue weighted by Crippen LogP contribution is -2.49. The number of hydrogen-bond acceptors (Lipinski definition) is 5. The molecule has 116 valence electrons. The van der Waals surface area contributed by atoms with E-state index in [2.05, 4.69) is 14.9 Å². The van der Waals surface area contributed by atoms with Crippen LogP contribution in [0, 0.1) is 0 Å². The fourth-order valence-electron chi connectivity index (χ4n) is 2.88. The van der Waals surface area contributed by atoms with Gasteiger partial charge in [0.15, 0.2) is 0 Å². The van der Waals surface area contributed by atoms with Crippen molar-refractivity contribution in [3.05, 3.63) is 23.3 Å². The summed E-state index contributed by atoms with van der Waals surface area (Å²) in [5.41, 5.74) is 7.15. The number of rotatable bonds is 1. The highest BCUT2D eigenvalue weighted by Gasteiger charge is 2.36. The molecule has 0 aliphatic carbocycles. The van der Waals surface area contributed by atoms with Gasteiger partial charge in [-0.3, -0.25) is 4.90 Å². The van der Waals surface area contributed by atoms with Crippen molar-refractivity contribution in [1.82, 2.24) is 14.9 Å². The van der Waals surface area contributed by atoms with E-state index < -0.39 is 12.0 Å². The number of aromatic nitrogens is 2. The van der Waals surface area contributed by atoms with E-state index in [0.29, 0.717) is 38.4 Å². The molecule has 0 radical (unpaired) electrons. The maximum Gasteiger partial charge on any atom is 0.451 e. The normalized spacial score (nSPS) is 27.4. The molecule has 5 nitrogen and oxygen atoms in total. The Hall–Kier alpha value is -1.25. The van der Waals surface area contributed by atoms with Crippen molar-refractivity contribution in [3.63, 3.8) is 0 Å². The molecule has 0 bridgehead atoms. The molecule has 0 unspecified atom stereocenters. The quantitative estimate of drug-likeness (QED) is 0.837. The summed E-state index contributed by atoms with van der Waals surface area (Å²) >= 11 is 0. The van der Waals surface area contributed by atoms with Gasteiger partial charge in [-0.2, -0.15) is 13.2 Å². The van der Waals surface area contributed by atoms with Gasteiger partial charge in [-0.1, -0.05) is 0 Å². The van der Waals surface area contributed by atoms with Crippen molar-refractivity contribution in [1.29, 1.82) is 0 Å². The third-order valence-electron chi connectivity index (χ3n) is 3.95. The summed E-state index contributed by atoms with van der Waals surface area (Å²) in [6, 6.07) is 0.234. The zero-order chi connectivity index (χ0) is 15.0. The molecule has 3 heterocycles. The van der Waals surface area contributed by atoms with Gasteiger partial charge >= 0.3 is 6.18 Å². The minimum atomic E-state index is -4.49. The molecule has 2 aliphatic heterocycles. The van der Waals surface area contributed by atoms with Crippen LogP contribution < -0.4 is 5.73 Å². The Morgan fingerprint density at radius 3 is 2.86 bits per heavy atom. The van der Waals surface area contributed by atoms with Crippen LogP contribution in [0.3, 0.4) is 0 Å². The number of alkyl halides is 3. The van der Waals surface area contributed by atoms with Crippen molar-refractivity contribution in [2.45, 2.75) is 37.6 Å². The molecule has 1 fully saturated rings. The van der Waals surface area contributed by atoms with E-state index in [0.717, 1.165) is 12.0 Å². The maximum atomic E-state index is 12.6. The van der Waals surface area contributed by atoms with Gasteiger partial charge in [0.25, 0.3) is 0 Å². The summed E-state index contributed by atoms with van der Waals surface area (Å²) in [4.78, 5) is 9.29.